The second kappa shape index (κ2) is 5.42. The molecule has 0 aliphatic heterocycles. The van der Waals surface area contributed by atoms with Crippen LogP contribution in [-0.2, 0) is 0 Å². The van der Waals surface area contributed by atoms with Crippen LogP contribution in [0.5, 0.6) is 0 Å². The van der Waals surface area contributed by atoms with Crippen molar-refractivity contribution in [3.8, 4) is 0 Å². The summed E-state index contributed by atoms with van der Waals surface area (Å²) in [5.74, 6) is 0.736. The maximum absolute atomic E-state index is 5.58. The van der Waals surface area contributed by atoms with Gasteiger partial charge in [0.1, 0.15) is 10.8 Å². The highest BCUT2D eigenvalue weighted by Crippen LogP contribution is 2.21. The fourth-order valence-electron chi connectivity index (χ4n) is 1.35. The summed E-state index contributed by atoms with van der Waals surface area (Å²) in [5.41, 5.74) is 7.40. The zero-order chi connectivity index (χ0) is 12.3. The van der Waals surface area contributed by atoms with Crippen LogP contribution in [0, 0.1) is 3.57 Å². The van der Waals surface area contributed by atoms with Gasteiger partial charge in [0.2, 0.25) is 0 Å². The van der Waals surface area contributed by atoms with Crippen molar-refractivity contribution < 1.29 is 0 Å². The predicted octanol–water partition coefficient (Wildman–Crippen LogP) is 3.06. The van der Waals surface area contributed by atoms with Crippen molar-refractivity contribution in [3.05, 3.63) is 51.7 Å². The fourth-order valence-corrected chi connectivity index (χ4v) is 2.00. The third-order valence-corrected chi connectivity index (χ3v) is 3.36. The number of rotatable bonds is 3. The molecule has 0 amide bonds. The summed E-state index contributed by atoms with van der Waals surface area (Å²) in [7, 11) is 0. The Hall–Kier alpha value is -1.21. The number of thiocarbonyl (C=S) groups is 1. The van der Waals surface area contributed by atoms with Gasteiger partial charge < -0.3 is 11.1 Å². The number of para-hydroxylation sites is 1. The third-order valence-electron chi connectivity index (χ3n) is 2.18. The van der Waals surface area contributed by atoms with E-state index >= 15 is 0 Å². The molecule has 1 aromatic heterocycles. The number of pyridine rings is 1. The molecule has 0 aliphatic carbocycles. The highest BCUT2D eigenvalue weighted by molar-refractivity contribution is 14.1. The number of anilines is 2. The minimum Gasteiger partial charge on any atom is -0.389 e. The van der Waals surface area contributed by atoms with Gasteiger partial charge in [0, 0.05) is 15.3 Å². The molecular formula is C12H10IN3S. The van der Waals surface area contributed by atoms with Gasteiger partial charge in [0.15, 0.2) is 0 Å². The van der Waals surface area contributed by atoms with Gasteiger partial charge in [0.25, 0.3) is 0 Å². The predicted molar refractivity (Wildman–Crippen MR) is 82.6 cm³/mol. The lowest BCUT2D eigenvalue weighted by atomic mass is 10.2. The van der Waals surface area contributed by atoms with Crippen molar-refractivity contribution in [1.82, 2.24) is 4.98 Å². The average molecular weight is 355 g/mol. The molecule has 17 heavy (non-hydrogen) atoms. The second-order valence-electron chi connectivity index (χ2n) is 3.40. The number of halogens is 1. The van der Waals surface area contributed by atoms with E-state index in [9.17, 15) is 0 Å². The molecular weight excluding hydrogens is 345 g/mol. The SMILES string of the molecule is NC(=S)c1ccnc(Nc2ccccc2I)c1. The van der Waals surface area contributed by atoms with Crippen molar-refractivity contribution in [1.29, 1.82) is 0 Å². The minimum atomic E-state index is 0.373. The van der Waals surface area contributed by atoms with E-state index in [0.717, 1.165) is 20.6 Å². The van der Waals surface area contributed by atoms with Gasteiger partial charge in [-0.15, -0.1) is 0 Å². The van der Waals surface area contributed by atoms with Crippen molar-refractivity contribution in [2.24, 2.45) is 5.73 Å². The van der Waals surface area contributed by atoms with E-state index < -0.39 is 0 Å². The molecule has 5 heteroatoms. The van der Waals surface area contributed by atoms with E-state index in [1.807, 2.05) is 30.3 Å². The molecule has 0 saturated carbocycles. The van der Waals surface area contributed by atoms with Crippen LogP contribution in [0.3, 0.4) is 0 Å². The molecule has 0 spiro atoms. The molecule has 0 unspecified atom stereocenters. The molecule has 1 aromatic carbocycles. The largest absolute Gasteiger partial charge is 0.389 e. The van der Waals surface area contributed by atoms with Crippen LogP contribution < -0.4 is 11.1 Å². The summed E-state index contributed by atoms with van der Waals surface area (Å²) >= 11 is 7.20. The molecule has 0 atom stereocenters. The van der Waals surface area contributed by atoms with Crippen molar-refractivity contribution >= 4 is 51.3 Å². The molecule has 2 aromatic rings. The van der Waals surface area contributed by atoms with Gasteiger partial charge in [0.05, 0.1) is 5.69 Å². The first-order valence-corrected chi connectivity index (χ1v) is 6.43. The third kappa shape index (κ3) is 3.13. The van der Waals surface area contributed by atoms with E-state index in [1.54, 1.807) is 12.3 Å². The Morgan fingerprint density at radius 3 is 2.76 bits per heavy atom. The molecule has 0 fully saturated rings. The summed E-state index contributed by atoms with van der Waals surface area (Å²) in [4.78, 5) is 4.60. The Morgan fingerprint density at radius 2 is 2.06 bits per heavy atom. The first-order chi connectivity index (χ1) is 8.16. The van der Waals surface area contributed by atoms with Gasteiger partial charge in [-0.1, -0.05) is 24.4 Å². The molecule has 3 N–H and O–H groups in total. The van der Waals surface area contributed by atoms with Crippen molar-refractivity contribution in [3.63, 3.8) is 0 Å². The Bertz CT molecular complexity index is 557. The van der Waals surface area contributed by atoms with Gasteiger partial charge in [-0.2, -0.15) is 0 Å². The van der Waals surface area contributed by atoms with Gasteiger partial charge in [-0.25, -0.2) is 4.98 Å². The minimum absolute atomic E-state index is 0.373. The van der Waals surface area contributed by atoms with Gasteiger partial charge in [-0.3, -0.25) is 0 Å². The number of hydrogen-bond acceptors (Lipinski definition) is 3. The summed E-state index contributed by atoms with van der Waals surface area (Å²) in [5, 5.41) is 3.23. The quantitative estimate of drug-likeness (QED) is 0.656. The molecule has 2 rings (SSSR count). The lowest BCUT2D eigenvalue weighted by Crippen LogP contribution is -2.09. The number of nitrogens with one attached hydrogen (secondary N) is 1. The Labute approximate surface area is 119 Å². The summed E-state index contributed by atoms with van der Waals surface area (Å²) < 4.78 is 1.13. The zero-order valence-electron chi connectivity index (χ0n) is 8.85. The van der Waals surface area contributed by atoms with Crippen LogP contribution in [-0.4, -0.2) is 9.97 Å². The van der Waals surface area contributed by atoms with E-state index in [2.05, 4.69) is 32.9 Å². The van der Waals surface area contributed by atoms with Gasteiger partial charge >= 0.3 is 0 Å². The summed E-state index contributed by atoms with van der Waals surface area (Å²) in [6, 6.07) is 11.6. The van der Waals surface area contributed by atoms with Crippen LogP contribution in [0.25, 0.3) is 0 Å². The standard InChI is InChI=1S/C12H10IN3S/c13-9-3-1-2-4-10(9)16-11-7-8(12(14)17)5-6-15-11/h1-7H,(H2,14,17)(H,15,16). The van der Waals surface area contributed by atoms with E-state index in [-0.39, 0.29) is 0 Å². The lowest BCUT2D eigenvalue weighted by molar-refractivity contribution is 1.30. The zero-order valence-corrected chi connectivity index (χ0v) is 11.8. The maximum atomic E-state index is 5.58. The normalized spacial score (nSPS) is 9.94. The number of benzene rings is 1. The number of nitrogens with two attached hydrogens (primary N) is 1. The second-order valence-corrected chi connectivity index (χ2v) is 5.00. The van der Waals surface area contributed by atoms with E-state index in [0.29, 0.717) is 4.99 Å². The maximum Gasteiger partial charge on any atom is 0.131 e. The van der Waals surface area contributed by atoms with Crippen LogP contribution >= 0.6 is 34.8 Å². The molecule has 1 heterocycles. The van der Waals surface area contributed by atoms with Crippen LogP contribution in [0.2, 0.25) is 0 Å². The van der Waals surface area contributed by atoms with Crippen molar-refractivity contribution in [2.75, 3.05) is 5.32 Å². The van der Waals surface area contributed by atoms with Crippen molar-refractivity contribution in [2.45, 2.75) is 0 Å². The van der Waals surface area contributed by atoms with E-state index in [1.165, 1.54) is 0 Å². The first kappa shape index (κ1) is 12.3. The molecule has 0 aliphatic rings. The van der Waals surface area contributed by atoms with E-state index in [4.69, 9.17) is 18.0 Å². The highest BCUT2D eigenvalue weighted by Gasteiger charge is 2.02. The Morgan fingerprint density at radius 1 is 1.29 bits per heavy atom. The highest BCUT2D eigenvalue weighted by atomic mass is 127. The van der Waals surface area contributed by atoms with Crippen LogP contribution in [0.1, 0.15) is 5.56 Å². The Balaban J connectivity index is 2.28. The van der Waals surface area contributed by atoms with Crippen LogP contribution in [0.15, 0.2) is 42.6 Å². The summed E-state index contributed by atoms with van der Waals surface area (Å²) in [6.07, 6.45) is 1.69. The molecule has 0 radical (unpaired) electrons. The fraction of sp³-hybridized carbons (Fsp3) is 0. The Kier molecular flexibility index (Phi) is 3.90. The average Bonchev–Trinajstić information content (AvgIpc) is 2.32. The lowest BCUT2D eigenvalue weighted by Gasteiger charge is -2.08. The molecule has 86 valence electrons. The number of aromatic nitrogens is 1. The monoisotopic (exact) mass is 355 g/mol. The number of nitrogens with zero attached hydrogens (tertiary/aromatic N) is 1. The van der Waals surface area contributed by atoms with Gasteiger partial charge in [-0.05, 0) is 46.9 Å². The first-order valence-electron chi connectivity index (χ1n) is 4.94. The topological polar surface area (TPSA) is 50.9 Å². The molecule has 3 nitrogen and oxygen atoms in total. The summed E-state index contributed by atoms with van der Waals surface area (Å²) in [6.45, 7) is 0. The molecule has 0 bridgehead atoms. The molecule has 0 saturated heterocycles. The van der Waals surface area contributed by atoms with Crippen LogP contribution in [0.4, 0.5) is 11.5 Å². The smallest absolute Gasteiger partial charge is 0.131 e. The number of hydrogen-bond donors (Lipinski definition) is 2.